The van der Waals surface area contributed by atoms with Crippen LogP contribution in [0.5, 0.6) is 0 Å². The molecule has 0 unspecified atom stereocenters. The van der Waals surface area contributed by atoms with Crippen molar-refractivity contribution >= 4 is 30.6 Å². The number of amides is 1. The monoisotopic (exact) mass is 297 g/mol. The van der Waals surface area contributed by atoms with E-state index in [9.17, 15) is 4.79 Å². The van der Waals surface area contributed by atoms with Gasteiger partial charge in [-0.2, -0.15) is 0 Å². The standard InChI is InChI=1S/C7H6NO.C4H9.Sn/c8-7(9)6-4-2-1-3-5-6;1-3-4-2;/h1-4H,(H2,8,9);1,3-4H2,2H3;. The van der Waals surface area contributed by atoms with Crippen LogP contribution in [0.15, 0.2) is 24.3 Å². The van der Waals surface area contributed by atoms with E-state index >= 15 is 0 Å². The maximum absolute atomic E-state index is 11.1. The molecule has 0 aromatic heterocycles. The van der Waals surface area contributed by atoms with Crippen molar-refractivity contribution in [2.45, 2.75) is 24.2 Å². The van der Waals surface area contributed by atoms with Gasteiger partial charge < -0.3 is 0 Å². The molecule has 3 heteroatoms. The van der Waals surface area contributed by atoms with Crippen LogP contribution in [0.2, 0.25) is 4.44 Å². The average molecular weight is 296 g/mol. The predicted molar refractivity (Wildman–Crippen MR) is 60.1 cm³/mol. The molecule has 1 rings (SSSR count). The molecule has 0 fully saturated rings. The summed E-state index contributed by atoms with van der Waals surface area (Å²) in [5, 5.41) is 0. The van der Waals surface area contributed by atoms with Gasteiger partial charge in [0.15, 0.2) is 0 Å². The van der Waals surface area contributed by atoms with E-state index in [4.69, 9.17) is 5.73 Å². The van der Waals surface area contributed by atoms with Crippen LogP contribution in [0.3, 0.4) is 0 Å². The summed E-state index contributed by atoms with van der Waals surface area (Å²) in [6.45, 7) is 2.19. The van der Waals surface area contributed by atoms with E-state index in [0.717, 1.165) is 5.56 Å². The first-order valence-corrected chi connectivity index (χ1v) is 8.33. The van der Waals surface area contributed by atoms with Gasteiger partial charge >= 0.3 is 95.2 Å². The molecule has 1 aromatic carbocycles. The van der Waals surface area contributed by atoms with Gasteiger partial charge in [-0.15, -0.1) is 0 Å². The number of primary amides is 1. The predicted octanol–water partition coefficient (Wildman–Crippen LogP) is 1.33. The van der Waals surface area contributed by atoms with E-state index in [1.807, 2.05) is 18.2 Å². The van der Waals surface area contributed by atoms with Crippen molar-refractivity contribution < 1.29 is 4.79 Å². The van der Waals surface area contributed by atoms with E-state index in [1.165, 1.54) is 20.9 Å². The summed E-state index contributed by atoms with van der Waals surface area (Å²) in [4.78, 5) is 11.1. The van der Waals surface area contributed by atoms with Crippen LogP contribution in [0, 0.1) is 0 Å². The van der Waals surface area contributed by atoms with Gasteiger partial charge in [0.1, 0.15) is 0 Å². The van der Waals surface area contributed by atoms with E-state index in [0.29, 0.717) is 0 Å². The molecule has 0 heterocycles. The first-order valence-electron chi connectivity index (χ1n) is 4.88. The molecule has 0 saturated heterocycles. The zero-order valence-electron chi connectivity index (χ0n) is 8.42. The molecule has 0 aliphatic rings. The minimum absolute atomic E-state index is 0.280. The number of carbonyl (C=O) groups excluding carboxylic acids is 1. The Labute approximate surface area is 95.1 Å². The molecule has 2 radical (unpaired) electrons. The van der Waals surface area contributed by atoms with Gasteiger partial charge in [0.2, 0.25) is 0 Å². The van der Waals surface area contributed by atoms with Crippen LogP contribution in [0.4, 0.5) is 0 Å². The molecule has 0 atom stereocenters. The van der Waals surface area contributed by atoms with Gasteiger partial charge in [-0.3, -0.25) is 0 Å². The quantitative estimate of drug-likeness (QED) is 0.646. The number of rotatable bonds is 5. The Balaban J connectivity index is 2.69. The molecule has 74 valence electrons. The van der Waals surface area contributed by atoms with Crippen LogP contribution in [0.1, 0.15) is 30.1 Å². The third-order valence-corrected chi connectivity index (χ3v) is 6.09. The number of benzene rings is 1. The zero-order valence-corrected chi connectivity index (χ0v) is 11.3. The van der Waals surface area contributed by atoms with Gasteiger partial charge in [-0.1, -0.05) is 0 Å². The van der Waals surface area contributed by atoms with Crippen molar-refractivity contribution in [3.63, 3.8) is 0 Å². The summed E-state index contributed by atoms with van der Waals surface area (Å²) >= 11 is -0.574. The fraction of sp³-hybridized carbons (Fsp3) is 0.364. The Kier molecular flexibility index (Phi) is 5.01. The number of unbranched alkanes of at least 4 members (excludes halogenated alkanes) is 1. The van der Waals surface area contributed by atoms with Gasteiger partial charge in [0, 0.05) is 0 Å². The summed E-state index contributed by atoms with van der Waals surface area (Å²) < 4.78 is 2.54. The van der Waals surface area contributed by atoms with Crippen LogP contribution < -0.4 is 9.31 Å². The van der Waals surface area contributed by atoms with Gasteiger partial charge in [0.25, 0.3) is 0 Å². The molecule has 0 aliphatic heterocycles. The minimum atomic E-state index is -0.574. The third-order valence-electron chi connectivity index (χ3n) is 2.04. The summed E-state index contributed by atoms with van der Waals surface area (Å²) in [7, 11) is 0. The van der Waals surface area contributed by atoms with Crippen molar-refractivity contribution in [1.29, 1.82) is 0 Å². The summed E-state index contributed by atoms with van der Waals surface area (Å²) in [5.41, 5.74) is 6.05. The van der Waals surface area contributed by atoms with E-state index in [2.05, 4.69) is 13.0 Å². The van der Waals surface area contributed by atoms with E-state index in [-0.39, 0.29) is 5.91 Å². The van der Waals surface area contributed by atoms with Gasteiger partial charge in [-0.25, -0.2) is 0 Å². The van der Waals surface area contributed by atoms with E-state index < -0.39 is 21.1 Å². The molecule has 0 bridgehead atoms. The zero-order chi connectivity index (χ0) is 10.4. The van der Waals surface area contributed by atoms with Crippen LogP contribution >= 0.6 is 0 Å². The molecule has 1 amide bonds. The number of nitrogens with two attached hydrogens (primary N) is 1. The molecule has 2 N–H and O–H groups in total. The fourth-order valence-corrected chi connectivity index (χ4v) is 5.28. The van der Waals surface area contributed by atoms with Crippen LogP contribution in [0.25, 0.3) is 0 Å². The molecule has 1 aromatic rings. The molecule has 0 saturated carbocycles. The maximum atomic E-state index is 11.1. The summed E-state index contributed by atoms with van der Waals surface area (Å²) in [5.74, 6) is -0.280. The number of hydrogen-bond donors (Lipinski definition) is 1. The second kappa shape index (κ2) is 6.06. The summed E-state index contributed by atoms with van der Waals surface area (Å²) in [6.07, 6.45) is 2.51. The number of carbonyl (C=O) groups is 1. The van der Waals surface area contributed by atoms with Crippen molar-refractivity contribution in [3.8, 4) is 0 Å². The topological polar surface area (TPSA) is 43.1 Å². The first kappa shape index (κ1) is 11.6. The number of hydrogen-bond acceptors (Lipinski definition) is 1. The Morgan fingerprint density at radius 1 is 1.43 bits per heavy atom. The van der Waals surface area contributed by atoms with Crippen LogP contribution in [-0.2, 0) is 0 Å². The Bertz CT molecular complexity index is 312. The van der Waals surface area contributed by atoms with Crippen molar-refractivity contribution in [2.75, 3.05) is 0 Å². The van der Waals surface area contributed by atoms with E-state index in [1.54, 1.807) is 0 Å². The average Bonchev–Trinajstić information content (AvgIpc) is 2.19. The fourth-order valence-electron chi connectivity index (χ4n) is 1.25. The molecule has 0 spiro atoms. The molecule has 2 nitrogen and oxygen atoms in total. The Morgan fingerprint density at radius 3 is 2.79 bits per heavy atom. The third kappa shape index (κ3) is 3.33. The van der Waals surface area contributed by atoms with Crippen molar-refractivity contribution in [1.82, 2.24) is 0 Å². The Hall–Kier alpha value is -0.511. The molecule has 14 heavy (non-hydrogen) atoms. The van der Waals surface area contributed by atoms with Gasteiger partial charge in [-0.05, 0) is 0 Å². The molecular formula is C11H15NOSn. The molecular weight excluding hydrogens is 281 g/mol. The normalized spacial score (nSPS) is 10.1. The van der Waals surface area contributed by atoms with Gasteiger partial charge in [0.05, 0.1) is 0 Å². The first-order chi connectivity index (χ1) is 6.75. The Morgan fingerprint density at radius 2 is 2.14 bits per heavy atom. The van der Waals surface area contributed by atoms with Crippen molar-refractivity contribution in [3.05, 3.63) is 29.8 Å². The SMILES string of the molecule is CCC[CH2][Sn][c]1ccccc1C(N)=O. The molecule has 0 aliphatic carbocycles. The van der Waals surface area contributed by atoms with Crippen molar-refractivity contribution in [2.24, 2.45) is 5.73 Å². The van der Waals surface area contributed by atoms with Crippen LogP contribution in [-0.4, -0.2) is 27.0 Å². The summed E-state index contributed by atoms with van der Waals surface area (Å²) in [6, 6.07) is 7.77. The second-order valence-corrected chi connectivity index (χ2v) is 7.16. The second-order valence-electron chi connectivity index (χ2n) is 3.19.